The average molecular weight is 456 g/mol. The maximum Gasteiger partial charge on any atom is 0.258 e. The van der Waals surface area contributed by atoms with Gasteiger partial charge in [0, 0.05) is 10.6 Å². The Bertz CT molecular complexity index is 1160. The highest BCUT2D eigenvalue weighted by Gasteiger charge is 2.26. The Morgan fingerprint density at radius 1 is 1.00 bits per heavy atom. The zero-order chi connectivity index (χ0) is 22.3. The van der Waals surface area contributed by atoms with Gasteiger partial charge in [0.25, 0.3) is 5.91 Å². The van der Waals surface area contributed by atoms with Gasteiger partial charge >= 0.3 is 0 Å². The summed E-state index contributed by atoms with van der Waals surface area (Å²) in [6.07, 6.45) is 1.58. The van der Waals surface area contributed by atoms with Gasteiger partial charge in [-0.3, -0.25) is 4.79 Å². The lowest BCUT2D eigenvalue weighted by molar-refractivity contribution is -0.122. The standard InChI is InChI=1S/C23H22ClN3O3S/c1-17-11-13-20(14-12-17)31(29,30)27-22(15-18-7-3-2-4-8-18)23(28)26-25-16-19-9-5-6-10-21(19)24/h2-14,16,22,27H,15H2,1H3,(H,26,28)/b25-16+. The van der Waals surface area contributed by atoms with Crippen LogP contribution in [0.3, 0.4) is 0 Å². The number of sulfonamides is 1. The lowest BCUT2D eigenvalue weighted by Gasteiger charge is -2.17. The summed E-state index contributed by atoms with van der Waals surface area (Å²) < 4.78 is 28.2. The summed E-state index contributed by atoms with van der Waals surface area (Å²) in [6, 6.07) is 21.6. The van der Waals surface area contributed by atoms with Crippen LogP contribution >= 0.6 is 11.6 Å². The van der Waals surface area contributed by atoms with Crippen LogP contribution in [0.2, 0.25) is 5.02 Å². The summed E-state index contributed by atoms with van der Waals surface area (Å²) >= 11 is 6.08. The highest BCUT2D eigenvalue weighted by atomic mass is 35.5. The topological polar surface area (TPSA) is 87.6 Å². The predicted molar refractivity (Wildman–Crippen MR) is 123 cm³/mol. The number of halogens is 1. The molecule has 0 bridgehead atoms. The largest absolute Gasteiger partial charge is 0.271 e. The predicted octanol–water partition coefficient (Wildman–Crippen LogP) is 3.69. The minimum absolute atomic E-state index is 0.0866. The van der Waals surface area contributed by atoms with Gasteiger partial charge in [0.2, 0.25) is 10.0 Å². The van der Waals surface area contributed by atoms with E-state index in [1.165, 1.54) is 18.3 Å². The summed E-state index contributed by atoms with van der Waals surface area (Å²) in [4.78, 5) is 12.9. The molecule has 31 heavy (non-hydrogen) atoms. The minimum atomic E-state index is -3.91. The van der Waals surface area contributed by atoms with E-state index in [2.05, 4.69) is 15.2 Å². The van der Waals surface area contributed by atoms with Crippen molar-refractivity contribution < 1.29 is 13.2 Å². The fourth-order valence-electron chi connectivity index (χ4n) is 2.83. The number of hydrazone groups is 1. The van der Waals surface area contributed by atoms with E-state index in [0.29, 0.717) is 10.6 Å². The normalized spacial score (nSPS) is 12.6. The molecule has 0 spiro atoms. The Labute approximate surface area is 187 Å². The number of amides is 1. The molecule has 6 nitrogen and oxygen atoms in total. The Morgan fingerprint density at radius 2 is 1.65 bits per heavy atom. The van der Waals surface area contributed by atoms with Crippen molar-refractivity contribution in [2.24, 2.45) is 5.10 Å². The summed E-state index contributed by atoms with van der Waals surface area (Å²) in [6.45, 7) is 1.87. The van der Waals surface area contributed by atoms with E-state index in [1.54, 1.807) is 36.4 Å². The molecule has 0 aromatic heterocycles. The van der Waals surface area contributed by atoms with E-state index < -0.39 is 22.0 Å². The molecule has 3 aromatic rings. The molecule has 0 heterocycles. The zero-order valence-corrected chi connectivity index (χ0v) is 18.4. The molecule has 0 saturated carbocycles. The first-order valence-electron chi connectivity index (χ1n) is 9.55. The van der Waals surface area contributed by atoms with Crippen molar-refractivity contribution in [2.75, 3.05) is 0 Å². The fourth-order valence-corrected chi connectivity index (χ4v) is 4.21. The molecular weight excluding hydrogens is 434 g/mol. The highest BCUT2D eigenvalue weighted by molar-refractivity contribution is 7.89. The van der Waals surface area contributed by atoms with E-state index in [-0.39, 0.29) is 11.3 Å². The van der Waals surface area contributed by atoms with Gasteiger partial charge in [-0.15, -0.1) is 0 Å². The fraction of sp³-hybridized carbons (Fsp3) is 0.130. The minimum Gasteiger partial charge on any atom is -0.271 e. The third kappa shape index (κ3) is 6.49. The molecule has 0 aliphatic heterocycles. The monoisotopic (exact) mass is 455 g/mol. The SMILES string of the molecule is Cc1ccc(S(=O)(=O)NC(Cc2ccccc2)C(=O)N/N=C/c2ccccc2Cl)cc1. The van der Waals surface area contributed by atoms with E-state index in [0.717, 1.165) is 11.1 Å². The number of benzene rings is 3. The van der Waals surface area contributed by atoms with Gasteiger partial charge in [-0.25, -0.2) is 13.8 Å². The van der Waals surface area contributed by atoms with Crippen molar-refractivity contribution in [3.8, 4) is 0 Å². The van der Waals surface area contributed by atoms with Crippen molar-refractivity contribution in [3.05, 3.63) is 101 Å². The first-order chi connectivity index (χ1) is 14.8. The Morgan fingerprint density at radius 3 is 2.32 bits per heavy atom. The molecule has 1 atom stereocenters. The number of nitrogens with zero attached hydrogens (tertiary/aromatic N) is 1. The third-order valence-electron chi connectivity index (χ3n) is 4.51. The second kappa shape index (κ2) is 10.3. The van der Waals surface area contributed by atoms with Crippen molar-refractivity contribution in [2.45, 2.75) is 24.3 Å². The third-order valence-corrected chi connectivity index (χ3v) is 6.34. The lowest BCUT2D eigenvalue weighted by atomic mass is 10.1. The summed E-state index contributed by atoms with van der Waals surface area (Å²) in [7, 11) is -3.91. The van der Waals surface area contributed by atoms with Crippen LogP contribution < -0.4 is 10.1 Å². The van der Waals surface area contributed by atoms with Crippen LogP contribution in [0.1, 0.15) is 16.7 Å². The molecule has 1 amide bonds. The molecule has 0 aliphatic carbocycles. The van der Waals surface area contributed by atoms with Gasteiger partial charge in [-0.1, -0.05) is 77.8 Å². The lowest BCUT2D eigenvalue weighted by Crippen LogP contribution is -2.46. The van der Waals surface area contributed by atoms with Crippen molar-refractivity contribution >= 4 is 33.7 Å². The van der Waals surface area contributed by atoms with Gasteiger partial charge in [-0.2, -0.15) is 9.82 Å². The van der Waals surface area contributed by atoms with Crippen LogP contribution in [-0.4, -0.2) is 26.6 Å². The van der Waals surface area contributed by atoms with Crippen LogP contribution in [-0.2, 0) is 21.2 Å². The van der Waals surface area contributed by atoms with Crippen molar-refractivity contribution in [1.82, 2.24) is 10.1 Å². The molecule has 160 valence electrons. The zero-order valence-electron chi connectivity index (χ0n) is 16.8. The second-order valence-electron chi connectivity index (χ2n) is 6.93. The number of rotatable bonds is 8. The molecule has 3 aromatic carbocycles. The quantitative estimate of drug-likeness (QED) is 0.401. The van der Waals surface area contributed by atoms with Gasteiger partial charge < -0.3 is 0 Å². The molecular formula is C23H22ClN3O3S. The van der Waals surface area contributed by atoms with Crippen LogP contribution in [0.5, 0.6) is 0 Å². The Kier molecular flexibility index (Phi) is 7.57. The van der Waals surface area contributed by atoms with Crippen LogP contribution in [0, 0.1) is 6.92 Å². The summed E-state index contributed by atoms with van der Waals surface area (Å²) in [5.41, 5.74) is 4.78. The number of carbonyl (C=O) groups is 1. The van der Waals surface area contributed by atoms with E-state index >= 15 is 0 Å². The number of nitrogens with one attached hydrogen (secondary N) is 2. The number of hydrogen-bond donors (Lipinski definition) is 2. The van der Waals surface area contributed by atoms with E-state index in [1.807, 2.05) is 37.3 Å². The maximum absolute atomic E-state index is 12.8. The molecule has 3 rings (SSSR count). The van der Waals surface area contributed by atoms with Gasteiger partial charge in [-0.05, 0) is 37.1 Å². The molecule has 0 aliphatic rings. The smallest absolute Gasteiger partial charge is 0.258 e. The van der Waals surface area contributed by atoms with Crippen LogP contribution in [0.25, 0.3) is 0 Å². The number of hydrogen-bond acceptors (Lipinski definition) is 4. The maximum atomic E-state index is 12.8. The second-order valence-corrected chi connectivity index (χ2v) is 9.05. The number of carbonyl (C=O) groups excluding carboxylic acids is 1. The molecule has 1 unspecified atom stereocenters. The van der Waals surface area contributed by atoms with Crippen LogP contribution in [0.4, 0.5) is 0 Å². The van der Waals surface area contributed by atoms with Gasteiger partial charge in [0.15, 0.2) is 0 Å². The van der Waals surface area contributed by atoms with E-state index in [9.17, 15) is 13.2 Å². The Balaban J connectivity index is 1.79. The Hall–Kier alpha value is -3.00. The van der Waals surface area contributed by atoms with Gasteiger partial charge in [0.05, 0.1) is 11.1 Å². The van der Waals surface area contributed by atoms with Crippen LogP contribution in [0.15, 0.2) is 88.9 Å². The molecule has 2 N–H and O–H groups in total. The van der Waals surface area contributed by atoms with E-state index in [4.69, 9.17) is 11.6 Å². The van der Waals surface area contributed by atoms with Crippen molar-refractivity contribution in [3.63, 3.8) is 0 Å². The average Bonchev–Trinajstić information content (AvgIpc) is 2.75. The molecule has 8 heteroatoms. The van der Waals surface area contributed by atoms with Crippen molar-refractivity contribution in [1.29, 1.82) is 0 Å². The molecule has 0 radical (unpaired) electrons. The number of aryl methyl sites for hydroxylation is 1. The molecule has 0 saturated heterocycles. The summed E-state index contributed by atoms with van der Waals surface area (Å²) in [5, 5.41) is 4.42. The first-order valence-corrected chi connectivity index (χ1v) is 11.4. The van der Waals surface area contributed by atoms with Gasteiger partial charge in [0.1, 0.15) is 6.04 Å². The summed E-state index contributed by atoms with van der Waals surface area (Å²) in [5.74, 6) is -0.581. The molecule has 0 fully saturated rings. The highest BCUT2D eigenvalue weighted by Crippen LogP contribution is 2.13. The first kappa shape index (κ1) is 22.7.